The maximum atomic E-state index is 11.8. The molecule has 0 bridgehead atoms. The number of nitrogens with zero attached hydrogens (tertiary/aromatic N) is 1. The molecule has 0 aliphatic rings. The Kier molecular flexibility index (Phi) is 5.43. The predicted molar refractivity (Wildman–Crippen MR) is 104 cm³/mol. The molecule has 0 spiro atoms. The average molecular weight is 366 g/mol. The number of amides is 1. The van der Waals surface area contributed by atoms with Crippen LogP contribution in [0.2, 0.25) is 0 Å². The van der Waals surface area contributed by atoms with E-state index in [2.05, 4.69) is 23.3 Å². The molecule has 132 valence electrons. The van der Waals surface area contributed by atoms with Gasteiger partial charge in [-0.25, -0.2) is 9.78 Å². The molecule has 1 heterocycles. The molecule has 6 heteroatoms. The van der Waals surface area contributed by atoms with Gasteiger partial charge < -0.3 is 10.1 Å². The summed E-state index contributed by atoms with van der Waals surface area (Å²) in [4.78, 5) is 27.7. The van der Waals surface area contributed by atoms with Gasteiger partial charge in [0.15, 0.2) is 0 Å². The molecule has 3 aromatic rings. The lowest BCUT2D eigenvalue weighted by molar-refractivity contribution is -0.137. The smallest absolute Gasteiger partial charge is 0.330 e. The molecule has 0 unspecified atom stereocenters. The number of carbonyl (C=O) groups is 2. The molecule has 1 amide bonds. The highest BCUT2D eigenvalue weighted by atomic mass is 32.1. The summed E-state index contributed by atoms with van der Waals surface area (Å²) < 4.78 is 5.88. The molecule has 3 rings (SSSR count). The van der Waals surface area contributed by atoms with E-state index in [0.717, 1.165) is 32.9 Å². The zero-order valence-corrected chi connectivity index (χ0v) is 15.3. The Bertz CT molecular complexity index is 974. The van der Waals surface area contributed by atoms with Crippen molar-refractivity contribution in [1.29, 1.82) is 0 Å². The number of esters is 1. The second-order valence-corrected chi connectivity index (χ2v) is 6.67. The van der Waals surface area contributed by atoms with Crippen molar-refractivity contribution in [2.24, 2.45) is 0 Å². The Morgan fingerprint density at radius 3 is 2.65 bits per heavy atom. The Labute approximate surface area is 155 Å². The van der Waals surface area contributed by atoms with Gasteiger partial charge in [0.1, 0.15) is 5.01 Å². The molecule has 5 nitrogen and oxygen atoms in total. The van der Waals surface area contributed by atoms with Gasteiger partial charge in [0.25, 0.3) is 0 Å². The monoisotopic (exact) mass is 366 g/mol. The zero-order chi connectivity index (χ0) is 18.5. The van der Waals surface area contributed by atoms with Gasteiger partial charge in [0.2, 0.25) is 5.91 Å². The lowest BCUT2D eigenvalue weighted by Crippen LogP contribution is -2.09. The highest BCUT2D eigenvalue weighted by Crippen LogP contribution is 2.31. The molecular formula is C20H18N2O3S. The number of nitrogens with one attached hydrogen (secondary N) is 1. The number of aryl methyl sites for hydroxylation is 1. The van der Waals surface area contributed by atoms with Gasteiger partial charge >= 0.3 is 5.97 Å². The van der Waals surface area contributed by atoms with E-state index in [1.807, 2.05) is 36.4 Å². The van der Waals surface area contributed by atoms with Crippen LogP contribution in [0.1, 0.15) is 12.5 Å². The van der Waals surface area contributed by atoms with Gasteiger partial charge in [-0.05, 0) is 55.8 Å². The second-order valence-electron chi connectivity index (χ2n) is 5.64. The number of ether oxygens (including phenoxy) is 1. The van der Waals surface area contributed by atoms with Crippen molar-refractivity contribution in [2.45, 2.75) is 13.8 Å². The SMILES string of the molecule is CCOC(=O)/C=C/C(=O)Nc1ccc(-c2nc3ccc(C)cc3s2)cc1. The van der Waals surface area contributed by atoms with E-state index in [1.54, 1.807) is 18.3 Å². The molecule has 0 radical (unpaired) electrons. The minimum absolute atomic E-state index is 0.275. The molecule has 0 saturated carbocycles. The Morgan fingerprint density at radius 2 is 1.92 bits per heavy atom. The van der Waals surface area contributed by atoms with Crippen LogP contribution in [-0.2, 0) is 14.3 Å². The topological polar surface area (TPSA) is 68.3 Å². The molecule has 1 N–H and O–H groups in total. The number of fused-ring (bicyclic) bond motifs is 1. The van der Waals surface area contributed by atoms with Crippen LogP contribution in [0.3, 0.4) is 0 Å². The van der Waals surface area contributed by atoms with Crippen LogP contribution in [-0.4, -0.2) is 23.5 Å². The van der Waals surface area contributed by atoms with E-state index in [9.17, 15) is 9.59 Å². The van der Waals surface area contributed by atoms with E-state index in [0.29, 0.717) is 5.69 Å². The van der Waals surface area contributed by atoms with Gasteiger partial charge in [-0.3, -0.25) is 4.79 Å². The fourth-order valence-electron chi connectivity index (χ4n) is 2.37. The molecule has 1 aromatic heterocycles. The van der Waals surface area contributed by atoms with Gasteiger partial charge in [-0.1, -0.05) is 6.07 Å². The third-order valence-electron chi connectivity index (χ3n) is 3.60. The van der Waals surface area contributed by atoms with Gasteiger partial charge in [0.05, 0.1) is 16.8 Å². The molecule has 2 aromatic carbocycles. The van der Waals surface area contributed by atoms with E-state index >= 15 is 0 Å². The number of thiazole rings is 1. The lowest BCUT2D eigenvalue weighted by Gasteiger charge is -2.03. The van der Waals surface area contributed by atoms with E-state index in [4.69, 9.17) is 4.74 Å². The quantitative estimate of drug-likeness (QED) is 0.539. The van der Waals surface area contributed by atoms with Crippen molar-refractivity contribution in [3.05, 3.63) is 60.2 Å². The fourth-order valence-corrected chi connectivity index (χ4v) is 3.44. The average Bonchev–Trinajstić information content (AvgIpc) is 3.04. The summed E-state index contributed by atoms with van der Waals surface area (Å²) in [5.41, 5.74) is 3.83. The van der Waals surface area contributed by atoms with Crippen molar-refractivity contribution in [1.82, 2.24) is 4.98 Å². The molecule has 26 heavy (non-hydrogen) atoms. The second kappa shape index (κ2) is 7.93. The number of rotatable bonds is 5. The summed E-state index contributed by atoms with van der Waals surface area (Å²) in [5, 5.41) is 3.64. The van der Waals surface area contributed by atoms with Crippen LogP contribution in [0.4, 0.5) is 5.69 Å². The first kappa shape index (κ1) is 17.8. The summed E-state index contributed by atoms with van der Waals surface area (Å²) >= 11 is 1.64. The van der Waals surface area contributed by atoms with Crippen molar-refractivity contribution in [3.8, 4) is 10.6 Å². The summed E-state index contributed by atoms with van der Waals surface area (Å²) in [6, 6.07) is 13.6. The predicted octanol–water partition coefficient (Wildman–Crippen LogP) is 4.33. The minimum Gasteiger partial charge on any atom is -0.463 e. The van der Waals surface area contributed by atoms with Crippen molar-refractivity contribution >= 4 is 39.1 Å². The fraction of sp³-hybridized carbons (Fsp3) is 0.150. The molecular weight excluding hydrogens is 348 g/mol. The van der Waals surface area contributed by atoms with Gasteiger partial charge in [-0.15, -0.1) is 11.3 Å². The van der Waals surface area contributed by atoms with Gasteiger partial charge in [0, 0.05) is 23.4 Å². The van der Waals surface area contributed by atoms with E-state index < -0.39 is 5.97 Å². The summed E-state index contributed by atoms with van der Waals surface area (Å²) in [7, 11) is 0. The Balaban J connectivity index is 1.69. The van der Waals surface area contributed by atoms with Gasteiger partial charge in [-0.2, -0.15) is 0 Å². The first-order chi connectivity index (χ1) is 12.5. The Hall–Kier alpha value is -2.99. The summed E-state index contributed by atoms with van der Waals surface area (Å²) in [6.07, 6.45) is 2.26. The lowest BCUT2D eigenvalue weighted by atomic mass is 10.2. The highest BCUT2D eigenvalue weighted by molar-refractivity contribution is 7.21. The molecule has 0 aliphatic carbocycles. The summed E-state index contributed by atoms with van der Waals surface area (Å²) in [5.74, 6) is -0.926. The molecule has 0 atom stereocenters. The maximum absolute atomic E-state index is 11.8. The largest absolute Gasteiger partial charge is 0.463 e. The normalized spacial score (nSPS) is 11.0. The van der Waals surface area contributed by atoms with Crippen LogP contribution >= 0.6 is 11.3 Å². The number of hydrogen-bond donors (Lipinski definition) is 1. The molecule has 0 fully saturated rings. The first-order valence-corrected chi connectivity index (χ1v) is 9.00. The zero-order valence-electron chi connectivity index (χ0n) is 14.5. The number of benzene rings is 2. The third kappa shape index (κ3) is 4.34. The van der Waals surface area contributed by atoms with Crippen molar-refractivity contribution in [3.63, 3.8) is 0 Å². The van der Waals surface area contributed by atoms with Crippen LogP contribution in [0.25, 0.3) is 20.8 Å². The van der Waals surface area contributed by atoms with Crippen LogP contribution < -0.4 is 5.32 Å². The number of aromatic nitrogens is 1. The van der Waals surface area contributed by atoms with Crippen molar-refractivity contribution in [2.75, 3.05) is 11.9 Å². The maximum Gasteiger partial charge on any atom is 0.330 e. The van der Waals surface area contributed by atoms with Crippen molar-refractivity contribution < 1.29 is 14.3 Å². The van der Waals surface area contributed by atoms with E-state index in [-0.39, 0.29) is 12.5 Å². The first-order valence-electron chi connectivity index (χ1n) is 8.18. The summed E-state index contributed by atoms with van der Waals surface area (Å²) in [6.45, 7) is 4.05. The van der Waals surface area contributed by atoms with Crippen LogP contribution in [0.5, 0.6) is 0 Å². The van der Waals surface area contributed by atoms with Crippen LogP contribution in [0, 0.1) is 6.92 Å². The molecule has 0 aliphatic heterocycles. The van der Waals surface area contributed by atoms with Crippen LogP contribution in [0.15, 0.2) is 54.6 Å². The number of anilines is 1. The Morgan fingerprint density at radius 1 is 1.15 bits per heavy atom. The molecule has 0 saturated heterocycles. The number of hydrogen-bond acceptors (Lipinski definition) is 5. The highest BCUT2D eigenvalue weighted by Gasteiger charge is 2.07. The standard InChI is InChI=1S/C20H18N2O3S/c1-3-25-19(24)11-10-18(23)21-15-7-5-14(6-8-15)20-22-16-9-4-13(2)12-17(16)26-20/h4-12H,3H2,1-2H3,(H,21,23)/b11-10+. The third-order valence-corrected chi connectivity index (χ3v) is 4.67. The number of carbonyl (C=O) groups excluding carboxylic acids is 2. The minimum atomic E-state index is -0.538. The van der Waals surface area contributed by atoms with E-state index in [1.165, 1.54) is 5.56 Å².